The molecule has 4 nitrogen and oxygen atoms in total. The van der Waals surface area contributed by atoms with Crippen LogP contribution in [0.4, 0.5) is 0 Å². The minimum atomic E-state index is -0.495. The van der Waals surface area contributed by atoms with Gasteiger partial charge in [-0.05, 0) is 31.1 Å². The molecular weight excluding hydrogens is 254 g/mol. The summed E-state index contributed by atoms with van der Waals surface area (Å²) in [5, 5.41) is 22.5. The Bertz CT molecular complexity index is 248. The highest BCUT2D eigenvalue weighted by atomic mass is 16.5. The highest BCUT2D eigenvalue weighted by Crippen LogP contribution is 2.26. The van der Waals surface area contributed by atoms with Crippen molar-refractivity contribution < 1.29 is 14.9 Å². The van der Waals surface area contributed by atoms with Gasteiger partial charge in [0, 0.05) is 12.6 Å². The largest absolute Gasteiger partial charge is 0.395 e. The molecule has 0 bridgehead atoms. The van der Waals surface area contributed by atoms with Crippen LogP contribution in [-0.4, -0.2) is 48.2 Å². The Hall–Kier alpha value is -0.160. The smallest absolute Gasteiger partial charge is 0.0897 e. The summed E-state index contributed by atoms with van der Waals surface area (Å²) < 4.78 is 5.85. The predicted molar refractivity (Wildman–Crippen MR) is 81.7 cm³/mol. The van der Waals surface area contributed by atoms with Gasteiger partial charge in [0.25, 0.3) is 0 Å². The molecule has 20 heavy (non-hydrogen) atoms. The van der Waals surface area contributed by atoms with Crippen LogP contribution in [0.15, 0.2) is 0 Å². The van der Waals surface area contributed by atoms with Gasteiger partial charge < -0.3 is 20.3 Å². The topological polar surface area (TPSA) is 61.7 Å². The molecular formula is C16H33NO3. The zero-order chi connectivity index (χ0) is 15.0. The van der Waals surface area contributed by atoms with Crippen LogP contribution in [0.2, 0.25) is 0 Å². The highest BCUT2D eigenvalue weighted by Gasteiger charge is 2.22. The van der Waals surface area contributed by atoms with Gasteiger partial charge in [0.15, 0.2) is 0 Å². The Morgan fingerprint density at radius 1 is 1.25 bits per heavy atom. The van der Waals surface area contributed by atoms with Gasteiger partial charge in [-0.25, -0.2) is 0 Å². The predicted octanol–water partition coefficient (Wildman–Crippen LogP) is 1.94. The molecule has 1 aliphatic rings. The van der Waals surface area contributed by atoms with E-state index in [9.17, 15) is 10.2 Å². The second-order valence-corrected chi connectivity index (χ2v) is 6.70. The van der Waals surface area contributed by atoms with Gasteiger partial charge in [0.1, 0.15) is 0 Å². The lowest BCUT2D eigenvalue weighted by atomic mass is 9.88. The minimum absolute atomic E-state index is 0.0678. The van der Waals surface area contributed by atoms with E-state index in [-0.39, 0.29) is 12.6 Å². The molecule has 0 heterocycles. The summed E-state index contributed by atoms with van der Waals surface area (Å²) in [7, 11) is 0. The number of hydrogen-bond acceptors (Lipinski definition) is 4. The highest BCUT2D eigenvalue weighted by molar-refractivity contribution is 4.74. The number of aliphatic hydroxyl groups is 2. The van der Waals surface area contributed by atoms with Crippen molar-refractivity contribution in [3.63, 3.8) is 0 Å². The molecule has 0 aliphatic heterocycles. The molecule has 0 aromatic carbocycles. The van der Waals surface area contributed by atoms with Crippen LogP contribution in [0.3, 0.4) is 0 Å². The molecule has 0 radical (unpaired) electrons. The van der Waals surface area contributed by atoms with E-state index < -0.39 is 6.10 Å². The Kier molecular flexibility index (Phi) is 8.69. The maximum atomic E-state index is 9.98. The van der Waals surface area contributed by atoms with Gasteiger partial charge >= 0.3 is 0 Å². The monoisotopic (exact) mass is 287 g/mol. The molecule has 3 N–H and O–H groups in total. The molecule has 0 aromatic heterocycles. The fourth-order valence-electron chi connectivity index (χ4n) is 2.92. The van der Waals surface area contributed by atoms with E-state index in [0.717, 1.165) is 12.8 Å². The van der Waals surface area contributed by atoms with Crippen molar-refractivity contribution in [2.75, 3.05) is 19.8 Å². The average molecular weight is 287 g/mol. The van der Waals surface area contributed by atoms with Crippen LogP contribution in [0.5, 0.6) is 0 Å². The molecule has 0 saturated heterocycles. The zero-order valence-corrected chi connectivity index (χ0v) is 13.3. The molecule has 0 aromatic rings. The molecule has 0 spiro atoms. The maximum absolute atomic E-state index is 9.98. The molecule has 1 rings (SSSR count). The lowest BCUT2D eigenvalue weighted by molar-refractivity contribution is -0.0460. The van der Waals surface area contributed by atoms with Crippen molar-refractivity contribution in [2.45, 2.75) is 71.1 Å². The van der Waals surface area contributed by atoms with E-state index in [0.29, 0.717) is 31.1 Å². The van der Waals surface area contributed by atoms with Crippen LogP contribution >= 0.6 is 0 Å². The Balaban J connectivity index is 2.17. The molecule has 0 amide bonds. The van der Waals surface area contributed by atoms with Crippen molar-refractivity contribution in [1.29, 1.82) is 0 Å². The van der Waals surface area contributed by atoms with Crippen LogP contribution in [0, 0.1) is 11.8 Å². The van der Waals surface area contributed by atoms with E-state index in [1.54, 1.807) is 0 Å². The number of rotatable bonds is 9. The Morgan fingerprint density at radius 2 is 1.95 bits per heavy atom. The van der Waals surface area contributed by atoms with E-state index >= 15 is 0 Å². The molecule has 1 fully saturated rings. The summed E-state index contributed by atoms with van der Waals surface area (Å²) in [5.41, 5.74) is 0. The van der Waals surface area contributed by atoms with Crippen molar-refractivity contribution in [3.05, 3.63) is 0 Å². The van der Waals surface area contributed by atoms with E-state index in [2.05, 4.69) is 26.1 Å². The first-order chi connectivity index (χ1) is 9.52. The Morgan fingerprint density at radius 3 is 2.55 bits per heavy atom. The lowest BCUT2D eigenvalue weighted by Gasteiger charge is -2.29. The summed E-state index contributed by atoms with van der Waals surface area (Å²) in [4.78, 5) is 0. The first-order valence-corrected chi connectivity index (χ1v) is 8.16. The van der Waals surface area contributed by atoms with Crippen LogP contribution in [0.25, 0.3) is 0 Å². The summed E-state index contributed by atoms with van der Waals surface area (Å²) in [5.74, 6) is 1.14. The van der Waals surface area contributed by atoms with Crippen molar-refractivity contribution in [1.82, 2.24) is 5.32 Å². The summed E-state index contributed by atoms with van der Waals surface area (Å²) in [6.45, 7) is 7.49. The summed E-state index contributed by atoms with van der Waals surface area (Å²) in [6.07, 6.45) is 5.63. The first kappa shape index (κ1) is 17.9. The normalized spacial score (nSPS) is 26.7. The summed E-state index contributed by atoms with van der Waals surface area (Å²) >= 11 is 0. The van der Waals surface area contributed by atoms with Crippen LogP contribution in [0.1, 0.15) is 52.9 Å². The molecule has 1 aliphatic carbocycles. The van der Waals surface area contributed by atoms with Gasteiger partial charge in [-0.1, -0.05) is 33.6 Å². The maximum Gasteiger partial charge on any atom is 0.0897 e. The fraction of sp³-hybridized carbons (Fsp3) is 1.00. The average Bonchev–Trinajstić information content (AvgIpc) is 2.42. The van der Waals surface area contributed by atoms with Crippen LogP contribution < -0.4 is 5.32 Å². The Labute approximate surface area is 123 Å². The van der Waals surface area contributed by atoms with Gasteiger partial charge in [0.2, 0.25) is 0 Å². The molecule has 120 valence electrons. The van der Waals surface area contributed by atoms with Gasteiger partial charge in [0.05, 0.1) is 25.4 Å². The van der Waals surface area contributed by atoms with Crippen molar-refractivity contribution in [3.8, 4) is 0 Å². The van der Waals surface area contributed by atoms with E-state index in [1.165, 1.54) is 19.3 Å². The number of nitrogens with one attached hydrogen (secondary N) is 1. The number of hydrogen-bond donors (Lipinski definition) is 3. The molecule has 4 heteroatoms. The van der Waals surface area contributed by atoms with Gasteiger partial charge in [-0.2, -0.15) is 0 Å². The van der Waals surface area contributed by atoms with Gasteiger partial charge in [-0.15, -0.1) is 0 Å². The van der Waals surface area contributed by atoms with E-state index in [4.69, 9.17) is 4.74 Å². The van der Waals surface area contributed by atoms with E-state index in [1.807, 2.05) is 0 Å². The second-order valence-electron chi connectivity index (χ2n) is 6.70. The molecule has 4 unspecified atom stereocenters. The lowest BCUT2D eigenvalue weighted by Crippen LogP contribution is -2.41. The number of ether oxygens (including phenoxy) is 1. The third-order valence-electron chi connectivity index (χ3n) is 4.15. The van der Waals surface area contributed by atoms with Crippen molar-refractivity contribution in [2.24, 2.45) is 11.8 Å². The minimum Gasteiger partial charge on any atom is -0.395 e. The third-order valence-corrected chi connectivity index (χ3v) is 4.15. The third kappa shape index (κ3) is 7.02. The van der Waals surface area contributed by atoms with Gasteiger partial charge in [-0.3, -0.25) is 0 Å². The molecule has 4 atom stereocenters. The first-order valence-electron chi connectivity index (χ1n) is 8.16. The van der Waals surface area contributed by atoms with Crippen molar-refractivity contribution >= 4 is 0 Å². The SMILES string of the molecule is CC(C)CC(CO)NCC(O)COC1CCCCC1C. The number of aliphatic hydroxyl groups excluding tert-OH is 2. The standard InChI is InChI=1S/C16H33NO3/c1-12(2)8-14(10-18)17-9-15(19)11-20-16-7-5-4-6-13(16)3/h12-19H,4-11H2,1-3H3. The second kappa shape index (κ2) is 9.72. The van der Waals surface area contributed by atoms with Crippen LogP contribution in [-0.2, 0) is 4.74 Å². The summed E-state index contributed by atoms with van der Waals surface area (Å²) in [6, 6.07) is 0.0678. The fourth-order valence-corrected chi connectivity index (χ4v) is 2.92. The molecule has 1 saturated carbocycles. The quantitative estimate of drug-likeness (QED) is 0.606. The zero-order valence-electron chi connectivity index (χ0n) is 13.3.